The fraction of sp³-hybridized carbons (Fsp3) is 0.933. The second kappa shape index (κ2) is 54.0. The van der Waals surface area contributed by atoms with Gasteiger partial charge in [0.05, 0.1) is 26.4 Å². The maximum absolute atomic E-state index is 12.9. The topological polar surface area (TPSA) is 237 Å². The van der Waals surface area contributed by atoms with Gasteiger partial charge < -0.3 is 33.8 Å². The van der Waals surface area contributed by atoms with Gasteiger partial charge in [0.1, 0.15) is 19.3 Å². The van der Waals surface area contributed by atoms with Crippen LogP contribution in [0.1, 0.15) is 298 Å². The van der Waals surface area contributed by atoms with Gasteiger partial charge in [-0.15, -0.1) is 0 Å². The van der Waals surface area contributed by atoms with Crippen molar-refractivity contribution in [2.75, 3.05) is 39.6 Å². The third-order valence-corrected chi connectivity index (χ3v) is 15.7. The van der Waals surface area contributed by atoms with Crippen LogP contribution in [0.5, 0.6) is 0 Å². The number of phosphoric ester groups is 2. The minimum absolute atomic E-state index is 0.103. The third kappa shape index (κ3) is 55.0. The van der Waals surface area contributed by atoms with Gasteiger partial charge in [0.15, 0.2) is 12.2 Å². The summed E-state index contributed by atoms with van der Waals surface area (Å²) in [4.78, 5) is 71.7. The average Bonchev–Trinajstić information content (AvgIpc) is 3.41. The van der Waals surface area contributed by atoms with Crippen LogP contribution in [0.4, 0.5) is 0 Å². The van der Waals surface area contributed by atoms with Crippen LogP contribution in [0.25, 0.3) is 0 Å². The molecule has 0 aromatic heterocycles. The van der Waals surface area contributed by atoms with Crippen LogP contribution < -0.4 is 0 Å². The number of aliphatic hydroxyl groups excluding tert-OH is 1. The normalized spacial score (nSPS) is 14.3. The van der Waals surface area contributed by atoms with Gasteiger partial charge in [-0.1, -0.05) is 247 Å². The van der Waals surface area contributed by atoms with Gasteiger partial charge in [0, 0.05) is 25.7 Å². The molecule has 19 heteroatoms. The van der Waals surface area contributed by atoms with Gasteiger partial charge in [-0.3, -0.25) is 37.3 Å². The summed E-state index contributed by atoms with van der Waals surface area (Å²) in [6, 6.07) is 0. The summed E-state index contributed by atoms with van der Waals surface area (Å²) in [6.45, 7) is 7.08. The first-order chi connectivity index (χ1) is 38.0. The molecular weight excluding hydrogens is 1050 g/mol. The first-order valence-electron chi connectivity index (χ1n) is 31.6. The molecule has 0 aliphatic carbocycles. The van der Waals surface area contributed by atoms with Gasteiger partial charge in [-0.2, -0.15) is 0 Å². The quantitative estimate of drug-likeness (QED) is 0.0222. The second-order valence-electron chi connectivity index (χ2n) is 22.2. The fourth-order valence-electron chi connectivity index (χ4n) is 8.88. The highest BCUT2D eigenvalue weighted by Gasteiger charge is 2.30. The van der Waals surface area contributed by atoms with E-state index in [1.54, 1.807) is 0 Å². The van der Waals surface area contributed by atoms with E-state index in [0.717, 1.165) is 128 Å². The van der Waals surface area contributed by atoms with Crippen molar-refractivity contribution in [2.45, 2.75) is 316 Å². The van der Waals surface area contributed by atoms with Crippen molar-refractivity contribution in [2.24, 2.45) is 5.92 Å². The Morgan fingerprint density at radius 3 is 0.861 bits per heavy atom. The van der Waals surface area contributed by atoms with Crippen molar-refractivity contribution >= 4 is 39.5 Å². The summed E-state index contributed by atoms with van der Waals surface area (Å²) in [5.41, 5.74) is 0. The molecule has 2 unspecified atom stereocenters. The zero-order valence-corrected chi connectivity index (χ0v) is 52.3. The Morgan fingerprint density at radius 2 is 0.582 bits per heavy atom. The number of phosphoric acid groups is 2. The van der Waals surface area contributed by atoms with Gasteiger partial charge in [-0.25, -0.2) is 9.13 Å². The Morgan fingerprint density at radius 1 is 0.342 bits per heavy atom. The zero-order chi connectivity index (χ0) is 58.5. The number of carbonyl (C=O) groups is 4. The van der Waals surface area contributed by atoms with Crippen molar-refractivity contribution in [3.8, 4) is 0 Å². The van der Waals surface area contributed by atoms with Crippen LogP contribution >= 0.6 is 15.6 Å². The first kappa shape index (κ1) is 77.1. The van der Waals surface area contributed by atoms with Crippen molar-refractivity contribution in [3.05, 3.63) is 0 Å². The van der Waals surface area contributed by atoms with Crippen molar-refractivity contribution in [1.29, 1.82) is 0 Å². The highest BCUT2D eigenvalue weighted by atomic mass is 31.2. The highest BCUT2D eigenvalue weighted by molar-refractivity contribution is 7.47. The van der Waals surface area contributed by atoms with Crippen molar-refractivity contribution < 1.29 is 80.2 Å². The number of aliphatic hydroxyl groups is 1. The Labute approximate surface area is 479 Å². The van der Waals surface area contributed by atoms with Crippen molar-refractivity contribution in [1.82, 2.24) is 0 Å². The van der Waals surface area contributed by atoms with E-state index < -0.39 is 97.5 Å². The maximum Gasteiger partial charge on any atom is 0.472 e. The second-order valence-corrected chi connectivity index (χ2v) is 25.1. The number of esters is 4. The predicted molar refractivity (Wildman–Crippen MR) is 312 cm³/mol. The van der Waals surface area contributed by atoms with Crippen LogP contribution in [0.3, 0.4) is 0 Å². The van der Waals surface area contributed by atoms with E-state index in [1.807, 2.05) is 0 Å². The summed E-state index contributed by atoms with van der Waals surface area (Å²) in [7, 11) is -9.86. The van der Waals surface area contributed by atoms with E-state index in [1.165, 1.54) is 89.9 Å². The third-order valence-electron chi connectivity index (χ3n) is 13.8. The largest absolute Gasteiger partial charge is 0.472 e. The molecule has 468 valence electrons. The minimum atomic E-state index is -4.94. The van der Waals surface area contributed by atoms with Crippen LogP contribution in [0, 0.1) is 5.92 Å². The number of hydrogen-bond acceptors (Lipinski definition) is 15. The smallest absolute Gasteiger partial charge is 0.462 e. The molecule has 0 aromatic rings. The lowest BCUT2D eigenvalue weighted by Gasteiger charge is -2.21. The summed E-state index contributed by atoms with van der Waals surface area (Å²) in [6.07, 6.45) is 36.5. The number of hydrogen-bond donors (Lipinski definition) is 3. The minimum Gasteiger partial charge on any atom is -0.462 e. The summed E-state index contributed by atoms with van der Waals surface area (Å²) in [5, 5.41) is 10.5. The van der Waals surface area contributed by atoms with E-state index in [-0.39, 0.29) is 25.7 Å². The molecule has 0 aliphatic rings. The Hall–Kier alpha value is -1.94. The van der Waals surface area contributed by atoms with E-state index in [9.17, 15) is 43.2 Å². The lowest BCUT2D eigenvalue weighted by Crippen LogP contribution is -2.30. The van der Waals surface area contributed by atoms with Crippen LogP contribution in [0.15, 0.2) is 0 Å². The van der Waals surface area contributed by atoms with Gasteiger partial charge in [-0.05, 0) is 31.6 Å². The summed E-state index contributed by atoms with van der Waals surface area (Å²) >= 11 is 0. The van der Waals surface area contributed by atoms with Crippen LogP contribution in [-0.2, 0) is 65.4 Å². The molecule has 0 aromatic carbocycles. The van der Waals surface area contributed by atoms with E-state index in [2.05, 4.69) is 34.6 Å². The molecule has 0 heterocycles. The average molecular weight is 1170 g/mol. The van der Waals surface area contributed by atoms with E-state index in [0.29, 0.717) is 25.7 Å². The molecule has 0 aliphatic heterocycles. The molecule has 0 radical (unpaired) electrons. The molecule has 0 saturated heterocycles. The lowest BCUT2D eigenvalue weighted by molar-refractivity contribution is -0.161. The van der Waals surface area contributed by atoms with Crippen LogP contribution in [-0.4, -0.2) is 96.7 Å². The number of ether oxygens (including phenoxy) is 4. The fourth-order valence-corrected chi connectivity index (χ4v) is 10.5. The van der Waals surface area contributed by atoms with E-state index >= 15 is 0 Å². The monoisotopic (exact) mass is 1170 g/mol. The molecule has 5 atom stereocenters. The number of unbranched alkanes of at least 4 members (excludes halogenated alkanes) is 32. The molecule has 0 fully saturated rings. The predicted octanol–water partition coefficient (Wildman–Crippen LogP) is 16.2. The zero-order valence-electron chi connectivity index (χ0n) is 50.5. The number of rotatable bonds is 60. The van der Waals surface area contributed by atoms with Crippen molar-refractivity contribution in [3.63, 3.8) is 0 Å². The first-order valence-corrected chi connectivity index (χ1v) is 34.6. The molecular formula is C60H116O17P2. The molecule has 0 bridgehead atoms. The molecule has 0 spiro atoms. The highest BCUT2D eigenvalue weighted by Crippen LogP contribution is 2.45. The number of carbonyl (C=O) groups excluding carboxylic acids is 4. The Kier molecular flexibility index (Phi) is 52.7. The lowest BCUT2D eigenvalue weighted by atomic mass is 10.0. The molecule has 0 saturated carbocycles. The molecule has 3 N–H and O–H groups in total. The summed E-state index contributed by atoms with van der Waals surface area (Å²) < 4.78 is 67.6. The maximum atomic E-state index is 12.9. The van der Waals surface area contributed by atoms with Gasteiger partial charge in [0.25, 0.3) is 0 Å². The van der Waals surface area contributed by atoms with E-state index in [4.69, 9.17) is 37.0 Å². The van der Waals surface area contributed by atoms with Gasteiger partial charge in [0.2, 0.25) is 0 Å². The summed E-state index contributed by atoms with van der Waals surface area (Å²) in [5.74, 6) is -1.35. The Bertz CT molecular complexity index is 1550. The Balaban J connectivity index is 5.12. The molecule has 79 heavy (non-hydrogen) atoms. The van der Waals surface area contributed by atoms with Crippen LogP contribution in [0.2, 0.25) is 0 Å². The van der Waals surface area contributed by atoms with Gasteiger partial charge >= 0.3 is 39.5 Å². The molecule has 0 amide bonds. The SMILES string of the molecule is CCCCCCCCCCC(=O)OC[C@H](COP(=O)(O)OC[C@@H](O)COP(=O)(O)OC[C@@H](COC(=O)CCCCCCCCC)OC(=O)CCCCCCCCC)OC(=O)CCCCCCCCCCCCCCCCC(C)C. The molecule has 0 rings (SSSR count). The molecule has 17 nitrogen and oxygen atoms in total. The standard InChI is InChI=1S/C60H116O17P2/c1-6-9-12-15-18-30-34-39-44-58(63)71-50-56(77-60(65)46-41-36-31-26-24-22-20-19-21-23-25-29-32-37-42-53(4)5)52-75-79(68,69)73-48-54(61)47-72-78(66,67)74-51-55(76-59(64)45-40-35-28-17-14-11-8-3)49-70-57(62)43-38-33-27-16-13-10-7-2/h53-56,61H,6-52H2,1-5H3,(H,66,67)(H,68,69)/t54-,55+,56+/m0/s1.